The van der Waals surface area contributed by atoms with Crippen LogP contribution in [0.25, 0.3) is 11.5 Å². The van der Waals surface area contributed by atoms with Crippen LogP contribution >= 0.6 is 12.4 Å². The third-order valence-corrected chi connectivity index (χ3v) is 3.71. The van der Waals surface area contributed by atoms with Gasteiger partial charge in [-0.25, -0.2) is 4.98 Å². The van der Waals surface area contributed by atoms with E-state index in [0.29, 0.717) is 23.9 Å². The number of nitrogens with one attached hydrogen (secondary N) is 1. The number of hydrogen-bond acceptors (Lipinski definition) is 5. The van der Waals surface area contributed by atoms with Gasteiger partial charge in [0.2, 0.25) is 5.89 Å². The number of aryl methyl sites for hydroxylation is 2. The summed E-state index contributed by atoms with van der Waals surface area (Å²) in [5.74, 6) is 0.914. The Kier molecular flexibility index (Phi) is 4.87. The first-order valence-electron chi connectivity index (χ1n) is 7.04. The summed E-state index contributed by atoms with van der Waals surface area (Å²) in [6, 6.07) is 0.157. The van der Waals surface area contributed by atoms with E-state index < -0.39 is 0 Å². The van der Waals surface area contributed by atoms with E-state index in [2.05, 4.69) is 15.4 Å². The average Bonchev–Trinajstić information content (AvgIpc) is 3.05. The highest BCUT2D eigenvalue weighted by Crippen LogP contribution is 2.22. The van der Waals surface area contributed by atoms with Crippen molar-refractivity contribution in [3.05, 3.63) is 23.8 Å². The molecule has 3 rings (SSSR count). The van der Waals surface area contributed by atoms with E-state index in [4.69, 9.17) is 4.42 Å². The van der Waals surface area contributed by atoms with Crippen LogP contribution in [0.1, 0.15) is 23.2 Å². The van der Waals surface area contributed by atoms with Crippen molar-refractivity contribution in [3.8, 4) is 11.5 Å². The minimum atomic E-state index is -0.0691. The van der Waals surface area contributed by atoms with Crippen molar-refractivity contribution >= 4 is 18.3 Å². The second kappa shape index (κ2) is 6.50. The fraction of sp³-hybridized carbons (Fsp3) is 0.500. The summed E-state index contributed by atoms with van der Waals surface area (Å²) in [6.45, 7) is 6.10. The molecule has 0 bridgehead atoms. The van der Waals surface area contributed by atoms with Gasteiger partial charge in [0.25, 0.3) is 5.91 Å². The first-order valence-corrected chi connectivity index (χ1v) is 7.04. The highest BCUT2D eigenvalue weighted by Gasteiger charge is 2.28. The minimum Gasteiger partial charge on any atom is -0.440 e. The molecule has 1 fully saturated rings. The lowest BCUT2D eigenvalue weighted by molar-refractivity contribution is 0.0648. The highest BCUT2D eigenvalue weighted by atomic mass is 35.5. The van der Waals surface area contributed by atoms with Crippen LogP contribution in [0.15, 0.2) is 16.8 Å². The molecule has 0 unspecified atom stereocenters. The number of piperazine rings is 1. The van der Waals surface area contributed by atoms with Gasteiger partial charge in [0.1, 0.15) is 5.76 Å². The number of carbonyl (C=O) groups is 1. The van der Waals surface area contributed by atoms with Crippen LogP contribution in [0.5, 0.6) is 0 Å². The maximum atomic E-state index is 12.6. The van der Waals surface area contributed by atoms with Crippen molar-refractivity contribution in [2.75, 3.05) is 19.6 Å². The van der Waals surface area contributed by atoms with Gasteiger partial charge in [-0.2, -0.15) is 5.10 Å². The van der Waals surface area contributed by atoms with Crippen molar-refractivity contribution in [2.24, 2.45) is 7.05 Å². The molecular weight excluding hydrogens is 306 g/mol. The Morgan fingerprint density at radius 2 is 2.27 bits per heavy atom. The van der Waals surface area contributed by atoms with E-state index in [9.17, 15) is 4.79 Å². The average molecular weight is 326 g/mol. The third kappa shape index (κ3) is 3.00. The highest BCUT2D eigenvalue weighted by molar-refractivity contribution is 5.94. The Morgan fingerprint density at radius 3 is 2.91 bits per heavy atom. The predicted molar refractivity (Wildman–Crippen MR) is 84.1 cm³/mol. The van der Waals surface area contributed by atoms with Gasteiger partial charge in [-0.15, -0.1) is 12.4 Å². The van der Waals surface area contributed by atoms with Crippen molar-refractivity contribution in [3.63, 3.8) is 0 Å². The molecule has 0 aliphatic carbocycles. The topological polar surface area (TPSA) is 76.2 Å². The molecule has 0 aromatic carbocycles. The summed E-state index contributed by atoms with van der Waals surface area (Å²) in [6.07, 6.45) is 3.49. The smallest absolute Gasteiger partial charge is 0.276 e. The zero-order valence-electron chi connectivity index (χ0n) is 12.9. The van der Waals surface area contributed by atoms with E-state index in [0.717, 1.165) is 18.7 Å². The van der Waals surface area contributed by atoms with Crippen LogP contribution in [0.2, 0.25) is 0 Å². The molecule has 1 atom stereocenters. The largest absolute Gasteiger partial charge is 0.440 e. The van der Waals surface area contributed by atoms with Gasteiger partial charge in [0, 0.05) is 38.9 Å². The number of carbonyl (C=O) groups excluding carboxylic acids is 1. The molecule has 1 aliphatic rings. The third-order valence-electron chi connectivity index (χ3n) is 3.71. The number of halogens is 1. The van der Waals surface area contributed by atoms with Crippen LogP contribution in [0.3, 0.4) is 0 Å². The van der Waals surface area contributed by atoms with Gasteiger partial charge < -0.3 is 14.6 Å². The number of oxazole rings is 1. The van der Waals surface area contributed by atoms with Crippen molar-refractivity contribution in [2.45, 2.75) is 19.9 Å². The Bertz CT molecular complexity index is 666. The van der Waals surface area contributed by atoms with Crippen LogP contribution in [0.4, 0.5) is 0 Å². The lowest BCUT2D eigenvalue weighted by Crippen LogP contribution is -2.52. The lowest BCUT2D eigenvalue weighted by Gasteiger charge is -2.33. The molecule has 3 heterocycles. The molecule has 2 aromatic heterocycles. The van der Waals surface area contributed by atoms with E-state index in [-0.39, 0.29) is 24.4 Å². The minimum absolute atomic E-state index is 0. The van der Waals surface area contributed by atoms with E-state index in [1.54, 1.807) is 17.8 Å². The van der Waals surface area contributed by atoms with Crippen LogP contribution in [-0.2, 0) is 7.05 Å². The SMILES string of the molecule is Cc1oc(-c2cnn(C)c2)nc1C(=O)N1CCNC[C@@H]1C.Cl. The molecule has 1 amide bonds. The Morgan fingerprint density at radius 1 is 1.50 bits per heavy atom. The number of hydrogen-bond donors (Lipinski definition) is 1. The molecule has 120 valence electrons. The summed E-state index contributed by atoms with van der Waals surface area (Å²) in [5.41, 5.74) is 1.16. The second-order valence-corrected chi connectivity index (χ2v) is 5.38. The molecule has 7 nitrogen and oxygen atoms in total. The molecule has 1 N–H and O–H groups in total. The Hall–Kier alpha value is -1.86. The van der Waals surface area contributed by atoms with Crippen molar-refractivity contribution in [1.82, 2.24) is 25.0 Å². The molecule has 0 saturated carbocycles. The zero-order chi connectivity index (χ0) is 15.0. The first kappa shape index (κ1) is 16.5. The summed E-state index contributed by atoms with van der Waals surface area (Å²) < 4.78 is 7.31. The normalized spacial score (nSPS) is 18.1. The molecule has 0 radical (unpaired) electrons. The van der Waals surface area contributed by atoms with Crippen LogP contribution < -0.4 is 5.32 Å². The molecule has 1 aliphatic heterocycles. The quantitative estimate of drug-likeness (QED) is 0.899. The van der Waals surface area contributed by atoms with Gasteiger partial charge in [-0.05, 0) is 13.8 Å². The molecular formula is C14H20ClN5O2. The van der Waals surface area contributed by atoms with Crippen molar-refractivity contribution in [1.29, 1.82) is 0 Å². The maximum absolute atomic E-state index is 12.6. The lowest BCUT2D eigenvalue weighted by atomic mass is 10.2. The first-order chi connectivity index (χ1) is 10.1. The summed E-state index contributed by atoms with van der Waals surface area (Å²) >= 11 is 0. The van der Waals surface area contributed by atoms with Gasteiger partial charge in [-0.1, -0.05) is 0 Å². The monoisotopic (exact) mass is 325 g/mol. The van der Waals surface area contributed by atoms with E-state index >= 15 is 0 Å². The Balaban J connectivity index is 0.00000176. The molecule has 22 heavy (non-hydrogen) atoms. The summed E-state index contributed by atoms with van der Waals surface area (Å²) in [4.78, 5) is 18.8. The standard InChI is InChI=1S/C14H19N5O2.ClH/c1-9-6-15-4-5-19(9)14(20)12-10(2)21-13(17-12)11-7-16-18(3)8-11;/h7-9,15H,4-6H2,1-3H3;1H/t9-;/m0./s1. The van der Waals surface area contributed by atoms with Gasteiger partial charge >= 0.3 is 0 Å². The fourth-order valence-electron chi connectivity index (χ4n) is 2.53. The Labute approximate surface area is 135 Å². The molecule has 8 heteroatoms. The van der Waals surface area contributed by atoms with E-state index in [1.165, 1.54) is 0 Å². The second-order valence-electron chi connectivity index (χ2n) is 5.38. The number of aromatic nitrogens is 3. The van der Waals surface area contributed by atoms with E-state index in [1.807, 2.05) is 25.1 Å². The summed E-state index contributed by atoms with van der Waals surface area (Å²) in [5, 5.41) is 7.36. The zero-order valence-corrected chi connectivity index (χ0v) is 13.7. The van der Waals surface area contributed by atoms with Gasteiger partial charge in [0.15, 0.2) is 5.69 Å². The molecule has 1 saturated heterocycles. The molecule has 0 spiro atoms. The van der Waals surface area contributed by atoms with Gasteiger partial charge in [0.05, 0.1) is 11.8 Å². The van der Waals surface area contributed by atoms with Crippen LogP contribution in [-0.4, -0.2) is 51.2 Å². The number of rotatable bonds is 2. The summed E-state index contributed by atoms with van der Waals surface area (Å²) in [7, 11) is 1.83. The van der Waals surface area contributed by atoms with Crippen LogP contribution in [0, 0.1) is 6.92 Å². The fourth-order valence-corrected chi connectivity index (χ4v) is 2.53. The predicted octanol–water partition coefficient (Wildman–Crippen LogP) is 1.24. The number of nitrogens with zero attached hydrogens (tertiary/aromatic N) is 4. The van der Waals surface area contributed by atoms with Crippen molar-refractivity contribution < 1.29 is 9.21 Å². The molecule has 2 aromatic rings. The van der Waals surface area contributed by atoms with Gasteiger partial charge in [-0.3, -0.25) is 9.48 Å². The maximum Gasteiger partial charge on any atom is 0.276 e. The number of amides is 1.